The third-order valence-corrected chi connectivity index (χ3v) is 5.76. The van der Waals surface area contributed by atoms with E-state index < -0.39 is 5.91 Å². The van der Waals surface area contributed by atoms with E-state index in [0.717, 1.165) is 21.6 Å². The highest BCUT2D eigenvalue weighted by Crippen LogP contribution is 2.38. The van der Waals surface area contributed by atoms with Crippen LogP contribution in [0.15, 0.2) is 60.8 Å². The van der Waals surface area contributed by atoms with E-state index in [9.17, 15) is 9.59 Å². The number of thiazole rings is 1. The van der Waals surface area contributed by atoms with Gasteiger partial charge in [0.05, 0.1) is 21.1 Å². The van der Waals surface area contributed by atoms with Gasteiger partial charge in [-0.3, -0.25) is 25.4 Å². The van der Waals surface area contributed by atoms with Crippen LogP contribution in [0.5, 0.6) is 0 Å². The Kier molecular flexibility index (Phi) is 4.93. The number of benzene rings is 1. The molecule has 1 aliphatic rings. The van der Waals surface area contributed by atoms with E-state index in [1.54, 1.807) is 29.5 Å². The highest BCUT2D eigenvalue weighted by Gasteiger charge is 2.32. The van der Waals surface area contributed by atoms with Crippen molar-refractivity contribution in [2.75, 3.05) is 0 Å². The van der Waals surface area contributed by atoms with Gasteiger partial charge in [0.1, 0.15) is 5.69 Å². The molecule has 2 amide bonds. The molecule has 0 saturated carbocycles. The van der Waals surface area contributed by atoms with E-state index in [4.69, 9.17) is 4.98 Å². The first-order valence-electron chi connectivity index (χ1n) is 8.74. The summed E-state index contributed by atoms with van der Waals surface area (Å²) >= 11 is 1.62. The third kappa shape index (κ3) is 3.73. The van der Waals surface area contributed by atoms with Gasteiger partial charge in [-0.15, -0.1) is 11.3 Å². The summed E-state index contributed by atoms with van der Waals surface area (Å²) in [6, 6.07) is 13.0. The molecule has 27 heavy (non-hydrogen) atoms. The first kappa shape index (κ1) is 17.4. The van der Waals surface area contributed by atoms with Gasteiger partial charge >= 0.3 is 0 Å². The maximum atomic E-state index is 12.7. The van der Waals surface area contributed by atoms with Crippen molar-refractivity contribution < 1.29 is 9.59 Å². The lowest BCUT2D eigenvalue weighted by molar-refractivity contribution is -0.126. The summed E-state index contributed by atoms with van der Waals surface area (Å²) in [5.41, 5.74) is 6.21. The van der Waals surface area contributed by atoms with Crippen LogP contribution >= 0.6 is 11.3 Å². The van der Waals surface area contributed by atoms with Gasteiger partial charge in [-0.05, 0) is 37.1 Å². The van der Waals surface area contributed by atoms with Crippen LogP contribution in [0.1, 0.15) is 34.3 Å². The summed E-state index contributed by atoms with van der Waals surface area (Å²) in [6.45, 7) is 0. The summed E-state index contributed by atoms with van der Waals surface area (Å²) in [5.74, 6) is -0.932. The zero-order chi connectivity index (χ0) is 18.6. The molecule has 1 aromatic carbocycles. The Hall–Kier alpha value is -3.06. The first-order valence-corrected chi connectivity index (χ1v) is 9.56. The number of allylic oxidation sites excluding steroid dienone is 2. The molecule has 0 bridgehead atoms. The molecule has 0 fully saturated rings. The van der Waals surface area contributed by atoms with Crippen LogP contribution in [0.2, 0.25) is 0 Å². The smallest absolute Gasteiger partial charge is 0.273 e. The number of pyridine rings is 1. The Bertz CT molecular complexity index is 966. The van der Waals surface area contributed by atoms with Crippen LogP contribution in [0.4, 0.5) is 0 Å². The Morgan fingerprint density at radius 1 is 1.00 bits per heavy atom. The van der Waals surface area contributed by atoms with Crippen molar-refractivity contribution in [2.24, 2.45) is 5.92 Å². The molecule has 2 aromatic heterocycles. The second-order valence-corrected chi connectivity index (χ2v) is 7.40. The molecule has 136 valence electrons. The van der Waals surface area contributed by atoms with Crippen molar-refractivity contribution in [3.05, 3.63) is 71.5 Å². The highest BCUT2D eigenvalue weighted by molar-refractivity contribution is 7.18. The van der Waals surface area contributed by atoms with Gasteiger partial charge in [-0.2, -0.15) is 0 Å². The van der Waals surface area contributed by atoms with Crippen LogP contribution in [0.25, 0.3) is 10.2 Å². The SMILES string of the molecule is O=C(NNC(=O)C1CC=CCC1c1nc2ccccc2s1)c1ccccn1. The van der Waals surface area contributed by atoms with Crippen LogP contribution in [0, 0.1) is 5.92 Å². The number of fused-ring (bicyclic) bond motifs is 1. The molecule has 2 N–H and O–H groups in total. The first-order chi connectivity index (χ1) is 13.2. The van der Waals surface area contributed by atoms with E-state index in [2.05, 4.69) is 21.9 Å². The van der Waals surface area contributed by atoms with Gasteiger partial charge < -0.3 is 0 Å². The van der Waals surface area contributed by atoms with Crippen molar-refractivity contribution in [2.45, 2.75) is 18.8 Å². The van der Waals surface area contributed by atoms with Crippen LogP contribution in [-0.2, 0) is 4.79 Å². The lowest BCUT2D eigenvalue weighted by Gasteiger charge is -2.25. The summed E-state index contributed by atoms with van der Waals surface area (Å²) < 4.78 is 1.12. The maximum absolute atomic E-state index is 12.7. The fourth-order valence-corrected chi connectivity index (χ4v) is 4.34. The molecule has 1 aliphatic carbocycles. The number of aromatic nitrogens is 2. The van der Waals surface area contributed by atoms with Gasteiger partial charge in [0.25, 0.3) is 5.91 Å². The molecule has 2 heterocycles. The zero-order valence-electron chi connectivity index (χ0n) is 14.5. The molecule has 4 rings (SSSR count). The monoisotopic (exact) mass is 378 g/mol. The lowest BCUT2D eigenvalue weighted by Crippen LogP contribution is -2.46. The normalized spacial score (nSPS) is 19.0. The number of hydrogen-bond donors (Lipinski definition) is 2. The number of nitrogens with zero attached hydrogens (tertiary/aromatic N) is 2. The van der Waals surface area contributed by atoms with Crippen molar-refractivity contribution in [1.82, 2.24) is 20.8 Å². The Labute approximate surface area is 160 Å². The van der Waals surface area contributed by atoms with Gasteiger partial charge in [0.15, 0.2) is 0 Å². The van der Waals surface area contributed by atoms with Gasteiger partial charge in [0, 0.05) is 12.1 Å². The topological polar surface area (TPSA) is 84.0 Å². The van der Waals surface area contributed by atoms with E-state index in [1.807, 2.05) is 30.3 Å². The summed E-state index contributed by atoms with van der Waals surface area (Å²) in [6.07, 6.45) is 7.01. The summed E-state index contributed by atoms with van der Waals surface area (Å²) in [7, 11) is 0. The molecule has 6 nitrogen and oxygen atoms in total. The van der Waals surface area contributed by atoms with Crippen molar-refractivity contribution >= 4 is 33.4 Å². The number of para-hydroxylation sites is 1. The zero-order valence-corrected chi connectivity index (χ0v) is 15.3. The summed E-state index contributed by atoms with van der Waals surface area (Å²) in [5, 5.41) is 0.955. The molecule has 7 heteroatoms. The second-order valence-electron chi connectivity index (χ2n) is 6.33. The average Bonchev–Trinajstić information content (AvgIpc) is 3.16. The summed E-state index contributed by atoms with van der Waals surface area (Å²) in [4.78, 5) is 33.5. The number of rotatable bonds is 3. The lowest BCUT2D eigenvalue weighted by atomic mass is 9.83. The number of carbonyl (C=O) groups is 2. The van der Waals surface area contributed by atoms with Gasteiger partial charge in [-0.25, -0.2) is 4.98 Å². The minimum Gasteiger partial charge on any atom is -0.273 e. The quantitative estimate of drug-likeness (QED) is 0.541. The largest absolute Gasteiger partial charge is 0.288 e. The predicted octanol–water partition coefficient (Wildman–Crippen LogP) is 3.20. The number of nitrogens with one attached hydrogen (secondary N) is 2. The van der Waals surface area contributed by atoms with Gasteiger partial charge in [0.2, 0.25) is 5.91 Å². The average molecular weight is 378 g/mol. The molecular weight excluding hydrogens is 360 g/mol. The number of carbonyl (C=O) groups excluding carboxylic acids is 2. The van der Waals surface area contributed by atoms with E-state index in [1.165, 1.54) is 6.20 Å². The molecule has 0 aliphatic heterocycles. The number of amides is 2. The van der Waals surface area contributed by atoms with Crippen LogP contribution in [0.3, 0.4) is 0 Å². The Morgan fingerprint density at radius 3 is 2.63 bits per heavy atom. The van der Waals surface area contributed by atoms with Gasteiger partial charge in [-0.1, -0.05) is 30.4 Å². The molecule has 0 radical (unpaired) electrons. The Balaban J connectivity index is 1.48. The van der Waals surface area contributed by atoms with Crippen molar-refractivity contribution in [3.63, 3.8) is 0 Å². The Morgan fingerprint density at radius 2 is 1.81 bits per heavy atom. The molecule has 3 aromatic rings. The van der Waals surface area contributed by atoms with Crippen LogP contribution < -0.4 is 10.9 Å². The van der Waals surface area contributed by atoms with E-state index in [0.29, 0.717) is 6.42 Å². The molecule has 2 unspecified atom stereocenters. The number of hydrazine groups is 1. The van der Waals surface area contributed by atoms with Crippen LogP contribution in [-0.4, -0.2) is 21.8 Å². The molecule has 0 saturated heterocycles. The fraction of sp³-hybridized carbons (Fsp3) is 0.200. The highest BCUT2D eigenvalue weighted by atomic mass is 32.1. The molecule has 2 atom stereocenters. The maximum Gasteiger partial charge on any atom is 0.288 e. The van der Waals surface area contributed by atoms with Crippen molar-refractivity contribution in [3.8, 4) is 0 Å². The number of hydrogen-bond acceptors (Lipinski definition) is 5. The van der Waals surface area contributed by atoms with E-state index in [-0.39, 0.29) is 23.4 Å². The molecule has 0 spiro atoms. The standard InChI is InChI=1S/C20H18N4O2S/c25-18(23-24-19(26)16-10-5-6-12-21-16)13-7-1-2-8-14(13)20-22-15-9-3-4-11-17(15)27-20/h1-6,9-14H,7-8H2,(H,23,25)(H,24,26). The fourth-order valence-electron chi connectivity index (χ4n) is 3.20. The second kappa shape index (κ2) is 7.67. The minimum absolute atomic E-state index is 0.000785. The van der Waals surface area contributed by atoms with Crippen molar-refractivity contribution in [1.29, 1.82) is 0 Å². The third-order valence-electron chi connectivity index (χ3n) is 4.59. The minimum atomic E-state index is -0.438. The van der Waals surface area contributed by atoms with E-state index >= 15 is 0 Å². The predicted molar refractivity (Wildman–Crippen MR) is 104 cm³/mol. The molecular formula is C20H18N4O2S.